The number of unbranched alkanes of at least 4 members (excludes halogenated alkanes) is 3. The molecule has 0 saturated carbocycles. The van der Waals surface area contributed by atoms with Gasteiger partial charge in [0.2, 0.25) is 0 Å². The van der Waals surface area contributed by atoms with Crippen LogP contribution in [-0.2, 0) is 9.47 Å². The lowest BCUT2D eigenvalue weighted by atomic mass is 9.86. The Morgan fingerprint density at radius 3 is 2.43 bits per heavy atom. The molecule has 0 aromatic heterocycles. The summed E-state index contributed by atoms with van der Waals surface area (Å²) in [6, 6.07) is 10.6. The van der Waals surface area contributed by atoms with E-state index in [1.54, 1.807) is 12.1 Å². The van der Waals surface area contributed by atoms with Crippen LogP contribution in [0.1, 0.15) is 57.5 Å². The third-order valence-electron chi connectivity index (χ3n) is 8.10. The maximum atomic E-state index is 13.2. The van der Waals surface area contributed by atoms with E-state index in [0.29, 0.717) is 55.7 Å². The summed E-state index contributed by atoms with van der Waals surface area (Å²) in [5.41, 5.74) is 11.6. The molecule has 1 heterocycles. The molecule has 4 rings (SSSR count). The molecule has 0 bridgehead atoms. The Morgan fingerprint density at radius 2 is 1.70 bits per heavy atom. The number of benzene rings is 2. The Kier molecular flexibility index (Phi) is 11.7. The fourth-order valence-corrected chi connectivity index (χ4v) is 8.99. The SMILES string of the molecule is C[NH+]=C1C=CC2=C(c3cc(C(=O)NCCOCCOCCCCCCCl)ccc3C(=O)O)c3ccc(N)cc3[Si](C)(C)C2=C1. The van der Waals surface area contributed by atoms with Gasteiger partial charge in [-0.3, -0.25) is 4.79 Å². The van der Waals surface area contributed by atoms with Crippen molar-refractivity contribution in [3.05, 3.63) is 87.6 Å². The number of nitrogens with one attached hydrogen (secondary N) is 2. The number of nitrogens with two attached hydrogens (primary N) is 1. The lowest BCUT2D eigenvalue weighted by Crippen LogP contribution is -2.67. The van der Waals surface area contributed by atoms with Crippen molar-refractivity contribution in [1.82, 2.24) is 5.32 Å². The van der Waals surface area contributed by atoms with Crippen LogP contribution < -0.4 is 21.2 Å². The van der Waals surface area contributed by atoms with Gasteiger partial charge in [-0.15, -0.1) is 11.6 Å². The van der Waals surface area contributed by atoms with Crippen LogP contribution in [-0.4, -0.2) is 76.7 Å². The van der Waals surface area contributed by atoms with Crippen molar-refractivity contribution in [3.63, 3.8) is 0 Å². The minimum atomic E-state index is -2.20. The lowest BCUT2D eigenvalue weighted by Gasteiger charge is -2.37. The molecule has 0 atom stereocenters. The van der Waals surface area contributed by atoms with Crippen LogP contribution in [0.25, 0.3) is 5.57 Å². The smallest absolute Gasteiger partial charge is 0.336 e. The molecule has 1 aliphatic heterocycles. The molecule has 0 spiro atoms. The van der Waals surface area contributed by atoms with Crippen molar-refractivity contribution < 1.29 is 29.2 Å². The highest BCUT2D eigenvalue weighted by atomic mass is 35.5. The van der Waals surface area contributed by atoms with Crippen LogP contribution in [0.5, 0.6) is 0 Å². The molecule has 1 amide bonds. The summed E-state index contributed by atoms with van der Waals surface area (Å²) in [5.74, 6) is -0.650. The summed E-state index contributed by atoms with van der Waals surface area (Å²) >= 11 is 5.69. The highest BCUT2D eigenvalue weighted by Gasteiger charge is 2.40. The van der Waals surface area contributed by atoms with Gasteiger partial charge in [0.15, 0.2) is 5.71 Å². The highest BCUT2D eigenvalue weighted by Crippen LogP contribution is 2.42. The molecule has 0 fully saturated rings. The third-order valence-corrected chi connectivity index (χ3v) is 11.9. The number of amides is 1. The van der Waals surface area contributed by atoms with E-state index >= 15 is 0 Å². The van der Waals surface area contributed by atoms with Crippen molar-refractivity contribution in [2.45, 2.75) is 38.8 Å². The zero-order valence-corrected chi connectivity index (χ0v) is 27.6. The van der Waals surface area contributed by atoms with Gasteiger partial charge in [0, 0.05) is 42.4 Å². The van der Waals surface area contributed by atoms with Gasteiger partial charge in [0.1, 0.15) is 15.1 Å². The zero-order valence-electron chi connectivity index (χ0n) is 25.8. The number of carboxylic acids is 1. The molecular formula is C34H43ClN3O5Si+. The Bertz CT molecular complexity index is 1510. The highest BCUT2D eigenvalue weighted by molar-refractivity contribution is 6.98. The molecule has 2 aromatic carbocycles. The maximum Gasteiger partial charge on any atom is 0.336 e. The second-order valence-corrected chi connectivity index (χ2v) is 16.2. The quantitative estimate of drug-likeness (QED) is 0.103. The third kappa shape index (κ3) is 7.76. The van der Waals surface area contributed by atoms with E-state index < -0.39 is 14.0 Å². The van der Waals surface area contributed by atoms with Crippen molar-refractivity contribution in [3.8, 4) is 0 Å². The minimum absolute atomic E-state index is 0.131. The van der Waals surface area contributed by atoms with Gasteiger partial charge in [-0.05, 0) is 81.9 Å². The number of alkyl halides is 1. The standard InChI is InChI=1S/C34H42ClN3O5Si/c1-37-25-10-13-28-31(22-25)44(2,3)30-21-24(36)9-12-27(30)32(28)29-20-23(8-11-26(29)34(40)41)33(39)38-15-17-43-19-18-42-16-7-5-4-6-14-35/h8-13,20-22H,4-7,14-19,36H2,1-3H3,(H,38,39)(H,40,41)/p+1. The van der Waals surface area contributed by atoms with Crippen LogP contribution in [0.2, 0.25) is 13.1 Å². The van der Waals surface area contributed by atoms with E-state index in [9.17, 15) is 14.7 Å². The Labute approximate surface area is 265 Å². The number of carbonyl (C=O) groups excluding carboxylic acids is 1. The number of anilines is 1. The number of hydrogen-bond acceptors (Lipinski definition) is 5. The molecule has 8 nitrogen and oxygen atoms in total. The number of hydrogen-bond donors (Lipinski definition) is 4. The van der Waals surface area contributed by atoms with Crippen LogP contribution >= 0.6 is 11.6 Å². The summed E-state index contributed by atoms with van der Waals surface area (Å²) in [4.78, 5) is 28.9. The molecule has 10 heteroatoms. The molecule has 0 unspecified atom stereocenters. The van der Waals surface area contributed by atoms with Gasteiger partial charge >= 0.3 is 5.97 Å². The van der Waals surface area contributed by atoms with E-state index in [-0.39, 0.29) is 11.5 Å². The number of carbonyl (C=O) groups is 2. The number of aromatic carboxylic acids is 1. The molecule has 2 aliphatic rings. The molecule has 5 N–H and O–H groups in total. The van der Waals surface area contributed by atoms with E-state index in [4.69, 9.17) is 26.8 Å². The second-order valence-electron chi connectivity index (χ2n) is 11.5. The van der Waals surface area contributed by atoms with Gasteiger partial charge in [-0.25, -0.2) is 9.79 Å². The first kappa shape index (κ1) is 33.4. The number of halogens is 1. The first-order valence-electron chi connectivity index (χ1n) is 15.2. The first-order chi connectivity index (χ1) is 21.2. The monoisotopic (exact) mass is 636 g/mol. The summed E-state index contributed by atoms with van der Waals surface area (Å²) in [6.07, 6.45) is 10.5. The number of fused-ring (bicyclic) bond motifs is 2. The average molecular weight is 637 g/mol. The van der Waals surface area contributed by atoms with E-state index in [2.05, 4.69) is 29.5 Å². The predicted octanol–water partition coefficient (Wildman–Crippen LogP) is 3.45. The molecule has 0 radical (unpaired) electrons. The summed E-state index contributed by atoms with van der Waals surface area (Å²) in [5, 5.41) is 15.4. The van der Waals surface area contributed by atoms with E-state index in [1.807, 2.05) is 37.4 Å². The molecule has 1 aliphatic carbocycles. The molecule has 234 valence electrons. The van der Waals surface area contributed by atoms with E-state index in [0.717, 1.165) is 53.3 Å². The van der Waals surface area contributed by atoms with E-state index in [1.165, 1.54) is 11.3 Å². The number of carboxylic acid groups (broad SMARTS) is 1. The van der Waals surface area contributed by atoms with Crippen LogP contribution in [0.15, 0.2) is 65.4 Å². The summed E-state index contributed by atoms with van der Waals surface area (Å²) < 4.78 is 11.2. The molecule has 2 aromatic rings. The predicted molar refractivity (Wildman–Crippen MR) is 180 cm³/mol. The fraction of sp³-hybridized carbons (Fsp3) is 0.382. The number of rotatable bonds is 15. The fourth-order valence-electron chi connectivity index (χ4n) is 5.70. The maximum absolute atomic E-state index is 13.2. The van der Waals surface area contributed by atoms with Crippen molar-refractivity contribution in [1.29, 1.82) is 0 Å². The van der Waals surface area contributed by atoms with Crippen LogP contribution in [0, 0.1) is 0 Å². The number of nitrogen functional groups attached to an aromatic ring is 1. The topological polar surface area (TPSA) is 125 Å². The van der Waals surface area contributed by atoms with Crippen molar-refractivity contribution in [2.24, 2.45) is 0 Å². The minimum Gasteiger partial charge on any atom is -0.478 e. The van der Waals surface area contributed by atoms with Crippen molar-refractivity contribution >= 4 is 53.7 Å². The molecular weight excluding hydrogens is 594 g/mol. The van der Waals surface area contributed by atoms with Crippen LogP contribution in [0.3, 0.4) is 0 Å². The number of allylic oxidation sites excluding steroid dienone is 5. The average Bonchev–Trinajstić information content (AvgIpc) is 3.01. The Balaban J connectivity index is 1.52. The number of ether oxygens (including phenoxy) is 2. The molecule has 44 heavy (non-hydrogen) atoms. The Morgan fingerprint density at radius 1 is 0.955 bits per heavy atom. The lowest BCUT2D eigenvalue weighted by molar-refractivity contribution is -0.417. The first-order valence-corrected chi connectivity index (χ1v) is 18.7. The zero-order chi connectivity index (χ0) is 31.7. The Hall–Kier alpha value is -3.50. The normalized spacial score (nSPS) is 16.0. The van der Waals surface area contributed by atoms with Gasteiger partial charge < -0.3 is 25.6 Å². The molecule has 0 saturated heterocycles. The largest absolute Gasteiger partial charge is 0.478 e. The van der Waals surface area contributed by atoms with Gasteiger partial charge in [0.05, 0.1) is 25.4 Å². The summed E-state index contributed by atoms with van der Waals surface area (Å²) in [6.45, 7) is 6.88. The summed E-state index contributed by atoms with van der Waals surface area (Å²) in [7, 11) is -0.323. The van der Waals surface area contributed by atoms with Crippen molar-refractivity contribution in [2.75, 3.05) is 51.6 Å². The second kappa shape index (κ2) is 15.5. The van der Waals surface area contributed by atoms with Crippen LogP contribution in [0.4, 0.5) is 5.69 Å². The van der Waals surface area contributed by atoms with Gasteiger partial charge in [0.25, 0.3) is 5.91 Å². The van der Waals surface area contributed by atoms with Gasteiger partial charge in [-0.2, -0.15) is 0 Å². The van der Waals surface area contributed by atoms with Gasteiger partial charge in [-0.1, -0.05) is 32.0 Å².